The molecule has 3 aromatic rings. The monoisotopic (exact) mass is 336 g/mol. The third-order valence-electron chi connectivity index (χ3n) is 4.58. The summed E-state index contributed by atoms with van der Waals surface area (Å²) in [5.41, 5.74) is 1.90. The molecular weight excluding hydrogens is 320 g/mol. The molecule has 0 bridgehead atoms. The molecule has 4 rings (SSSR count). The molecule has 2 atom stereocenters. The third kappa shape index (κ3) is 2.41. The highest BCUT2D eigenvalue weighted by Gasteiger charge is 2.43. The second-order valence-electron chi connectivity index (χ2n) is 6.04. The average molecular weight is 336 g/mol. The van der Waals surface area contributed by atoms with Crippen molar-refractivity contribution in [2.75, 3.05) is 4.90 Å². The maximum absolute atomic E-state index is 12.9. The van der Waals surface area contributed by atoms with Crippen LogP contribution in [-0.4, -0.2) is 16.8 Å². The van der Waals surface area contributed by atoms with Crippen LogP contribution in [0.15, 0.2) is 54.6 Å². The molecule has 0 unspecified atom stereocenters. The fraction of sp³-hybridized carbons (Fsp3) is 0.211. The summed E-state index contributed by atoms with van der Waals surface area (Å²) in [6, 6.07) is 17.5. The van der Waals surface area contributed by atoms with Crippen molar-refractivity contribution in [1.82, 2.24) is 4.98 Å². The van der Waals surface area contributed by atoms with Crippen molar-refractivity contribution in [2.24, 2.45) is 5.92 Å². The summed E-state index contributed by atoms with van der Waals surface area (Å²) in [5.74, 6) is -0.629. The summed E-state index contributed by atoms with van der Waals surface area (Å²) in [6.45, 7) is 2.01. The van der Waals surface area contributed by atoms with E-state index in [1.807, 2.05) is 61.5 Å². The zero-order valence-corrected chi connectivity index (χ0v) is 14.0. The zero-order valence-electron chi connectivity index (χ0n) is 13.2. The topological polar surface area (TPSA) is 50.3 Å². The lowest BCUT2D eigenvalue weighted by Gasteiger charge is -2.18. The van der Waals surface area contributed by atoms with E-state index in [1.165, 1.54) is 16.2 Å². The number of hydrogen-bond acceptors (Lipinski definition) is 4. The van der Waals surface area contributed by atoms with Crippen LogP contribution in [0.3, 0.4) is 0 Å². The highest BCUT2D eigenvalue weighted by molar-refractivity contribution is 7.22. The Morgan fingerprint density at radius 2 is 1.79 bits per heavy atom. The highest BCUT2D eigenvalue weighted by Crippen LogP contribution is 2.38. The van der Waals surface area contributed by atoms with Crippen LogP contribution < -0.4 is 4.90 Å². The SMILES string of the molecule is C[C@@H](c1ccccc1)[C@@H]1CC(=O)N(c2nc3ccccc3s2)C1=O. The van der Waals surface area contributed by atoms with E-state index in [-0.39, 0.29) is 30.1 Å². The van der Waals surface area contributed by atoms with Gasteiger partial charge in [-0.25, -0.2) is 9.88 Å². The molecule has 4 nitrogen and oxygen atoms in total. The fourth-order valence-corrected chi connectivity index (χ4v) is 4.18. The molecule has 2 aromatic carbocycles. The van der Waals surface area contributed by atoms with Crippen molar-refractivity contribution in [1.29, 1.82) is 0 Å². The first-order chi connectivity index (χ1) is 11.6. The van der Waals surface area contributed by atoms with Crippen molar-refractivity contribution >= 4 is 38.5 Å². The van der Waals surface area contributed by atoms with Gasteiger partial charge in [0.15, 0.2) is 5.13 Å². The predicted molar refractivity (Wildman–Crippen MR) is 95.1 cm³/mol. The van der Waals surface area contributed by atoms with E-state index in [4.69, 9.17) is 0 Å². The van der Waals surface area contributed by atoms with Gasteiger partial charge in [0, 0.05) is 6.42 Å². The van der Waals surface area contributed by atoms with E-state index in [0.29, 0.717) is 5.13 Å². The van der Waals surface area contributed by atoms with Crippen molar-refractivity contribution in [2.45, 2.75) is 19.3 Å². The maximum Gasteiger partial charge on any atom is 0.239 e. The number of anilines is 1. The number of amides is 2. The van der Waals surface area contributed by atoms with Crippen molar-refractivity contribution in [3.05, 3.63) is 60.2 Å². The number of para-hydroxylation sites is 1. The molecular formula is C19H16N2O2S. The average Bonchev–Trinajstić information content (AvgIpc) is 3.15. The number of aromatic nitrogens is 1. The van der Waals surface area contributed by atoms with Crippen molar-refractivity contribution in [3.63, 3.8) is 0 Å². The lowest BCUT2D eigenvalue weighted by molar-refractivity contribution is -0.122. The molecule has 0 N–H and O–H groups in total. The smallest absolute Gasteiger partial charge is 0.239 e. The van der Waals surface area contributed by atoms with Gasteiger partial charge in [-0.2, -0.15) is 0 Å². The van der Waals surface area contributed by atoms with E-state index < -0.39 is 0 Å². The summed E-state index contributed by atoms with van der Waals surface area (Å²) < 4.78 is 0.979. The molecule has 1 aliphatic rings. The van der Waals surface area contributed by atoms with Crippen LogP contribution in [0.2, 0.25) is 0 Å². The fourth-order valence-electron chi connectivity index (χ4n) is 3.19. The normalized spacial score (nSPS) is 19.2. The molecule has 24 heavy (non-hydrogen) atoms. The zero-order chi connectivity index (χ0) is 16.7. The molecule has 0 saturated carbocycles. The van der Waals surface area contributed by atoms with Gasteiger partial charge in [-0.15, -0.1) is 0 Å². The van der Waals surface area contributed by atoms with Crippen LogP contribution in [0.4, 0.5) is 5.13 Å². The number of nitrogens with zero attached hydrogens (tertiary/aromatic N) is 2. The summed E-state index contributed by atoms with van der Waals surface area (Å²) in [6.07, 6.45) is 0.241. The molecule has 2 heterocycles. The number of hydrogen-bond donors (Lipinski definition) is 0. The van der Waals surface area contributed by atoms with Gasteiger partial charge in [0.25, 0.3) is 0 Å². The third-order valence-corrected chi connectivity index (χ3v) is 5.61. The first kappa shape index (κ1) is 15.0. The first-order valence-corrected chi connectivity index (χ1v) is 8.74. The Morgan fingerprint density at radius 1 is 1.08 bits per heavy atom. The molecule has 1 aliphatic heterocycles. The van der Waals surface area contributed by atoms with E-state index in [9.17, 15) is 9.59 Å². The Morgan fingerprint density at radius 3 is 2.54 bits per heavy atom. The predicted octanol–water partition coefficient (Wildman–Crippen LogP) is 3.98. The second-order valence-corrected chi connectivity index (χ2v) is 7.05. The molecule has 0 radical (unpaired) electrons. The highest BCUT2D eigenvalue weighted by atomic mass is 32.1. The Hall–Kier alpha value is -2.53. The van der Waals surface area contributed by atoms with Crippen LogP contribution >= 0.6 is 11.3 Å². The van der Waals surface area contributed by atoms with E-state index in [0.717, 1.165) is 15.8 Å². The number of carbonyl (C=O) groups excluding carboxylic acids is 2. The molecule has 0 aliphatic carbocycles. The Labute approximate surface area is 143 Å². The van der Waals surface area contributed by atoms with E-state index in [2.05, 4.69) is 4.98 Å². The number of imide groups is 1. The lowest BCUT2D eigenvalue weighted by Crippen LogP contribution is -2.31. The quantitative estimate of drug-likeness (QED) is 0.680. The van der Waals surface area contributed by atoms with Crippen molar-refractivity contribution in [3.8, 4) is 0 Å². The lowest BCUT2D eigenvalue weighted by atomic mass is 9.86. The molecule has 1 aromatic heterocycles. The first-order valence-electron chi connectivity index (χ1n) is 7.92. The standard InChI is InChI=1S/C19H16N2O2S/c1-12(13-7-3-2-4-8-13)14-11-17(22)21(18(14)23)19-20-15-9-5-6-10-16(15)24-19/h2-10,12,14H,11H2,1H3/t12-,14-/m0/s1. The molecule has 2 amide bonds. The Bertz CT molecular complexity index is 886. The van der Waals surface area contributed by atoms with Crippen LogP contribution in [0.1, 0.15) is 24.8 Å². The van der Waals surface area contributed by atoms with Gasteiger partial charge in [-0.1, -0.05) is 60.7 Å². The van der Waals surface area contributed by atoms with Crippen LogP contribution in [0.5, 0.6) is 0 Å². The summed E-state index contributed by atoms with van der Waals surface area (Å²) in [7, 11) is 0. The van der Waals surface area contributed by atoms with Crippen molar-refractivity contribution < 1.29 is 9.59 Å². The molecule has 0 spiro atoms. The van der Waals surface area contributed by atoms with Gasteiger partial charge in [0.05, 0.1) is 16.1 Å². The van der Waals surface area contributed by atoms with Gasteiger partial charge in [-0.3, -0.25) is 9.59 Å². The summed E-state index contributed by atoms with van der Waals surface area (Å²) in [5, 5.41) is 0.481. The Balaban J connectivity index is 1.66. The van der Waals surface area contributed by atoms with Gasteiger partial charge in [0.2, 0.25) is 11.8 Å². The molecule has 120 valence electrons. The number of thiazole rings is 1. The van der Waals surface area contributed by atoms with E-state index in [1.54, 1.807) is 0 Å². The van der Waals surface area contributed by atoms with Gasteiger partial charge in [0.1, 0.15) is 0 Å². The van der Waals surface area contributed by atoms with Gasteiger partial charge >= 0.3 is 0 Å². The molecule has 1 fully saturated rings. The summed E-state index contributed by atoms with van der Waals surface area (Å²) in [4.78, 5) is 31.1. The largest absolute Gasteiger partial charge is 0.274 e. The minimum atomic E-state index is -0.327. The second kappa shape index (κ2) is 5.83. The molecule has 5 heteroatoms. The number of benzene rings is 2. The van der Waals surface area contributed by atoms with Crippen LogP contribution in [0.25, 0.3) is 10.2 Å². The minimum Gasteiger partial charge on any atom is -0.274 e. The molecule has 1 saturated heterocycles. The van der Waals surface area contributed by atoms with Gasteiger partial charge in [-0.05, 0) is 23.6 Å². The number of carbonyl (C=O) groups is 2. The van der Waals surface area contributed by atoms with Crippen LogP contribution in [-0.2, 0) is 9.59 Å². The number of fused-ring (bicyclic) bond motifs is 1. The summed E-state index contributed by atoms with van der Waals surface area (Å²) >= 11 is 1.38. The maximum atomic E-state index is 12.9. The van der Waals surface area contributed by atoms with Crippen LogP contribution in [0, 0.1) is 5.92 Å². The minimum absolute atomic E-state index is 0.00188. The number of rotatable bonds is 3. The van der Waals surface area contributed by atoms with Gasteiger partial charge < -0.3 is 0 Å². The Kier molecular flexibility index (Phi) is 3.65. The van der Waals surface area contributed by atoms with E-state index >= 15 is 0 Å².